The van der Waals surface area contributed by atoms with Crippen LogP contribution < -0.4 is 5.32 Å². The molecule has 1 aromatic rings. The van der Waals surface area contributed by atoms with E-state index in [0.29, 0.717) is 11.3 Å². The molecule has 19 heavy (non-hydrogen) atoms. The lowest BCUT2D eigenvalue weighted by atomic mass is 9.92. The van der Waals surface area contributed by atoms with Crippen molar-refractivity contribution in [2.75, 3.05) is 0 Å². The van der Waals surface area contributed by atoms with Crippen LogP contribution in [0.5, 0.6) is 0 Å². The summed E-state index contributed by atoms with van der Waals surface area (Å²) in [6, 6.07) is 1.41. The molecule has 1 heterocycles. The number of aliphatic hydroxyl groups is 1. The van der Waals surface area contributed by atoms with Gasteiger partial charge in [0.15, 0.2) is 5.78 Å². The van der Waals surface area contributed by atoms with Gasteiger partial charge in [-0.05, 0) is 25.8 Å². The highest BCUT2D eigenvalue weighted by Crippen LogP contribution is 2.19. The van der Waals surface area contributed by atoms with E-state index in [1.54, 1.807) is 23.9 Å². The summed E-state index contributed by atoms with van der Waals surface area (Å²) in [5.74, 6) is -0.298. The predicted molar refractivity (Wildman–Crippen MR) is 71.1 cm³/mol. The van der Waals surface area contributed by atoms with E-state index in [1.165, 1.54) is 6.92 Å². The second kappa shape index (κ2) is 5.57. The third kappa shape index (κ3) is 3.04. The van der Waals surface area contributed by atoms with Crippen LogP contribution in [0.3, 0.4) is 0 Å². The first-order valence-corrected chi connectivity index (χ1v) is 6.65. The zero-order chi connectivity index (χ0) is 14.0. The molecule has 1 aromatic heterocycles. The average Bonchev–Trinajstić information content (AvgIpc) is 2.74. The highest BCUT2D eigenvalue weighted by Gasteiger charge is 2.25. The van der Waals surface area contributed by atoms with Crippen molar-refractivity contribution in [3.8, 4) is 0 Å². The molecule has 0 aliphatic heterocycles. The second-order valence-corrected chi connectivity index (χ2v) is 5.21. The summed E-state index contributed by atoms with van der Waals surface area (Å²) in [4.78, 5) is 23.5. The largest absolute Gasteiger partial charge is 0.391 e. The summed E-state index contributed by atoms with van der Waals surface area (Å²) in [5.41, 5.74) is 0.972. The van der Waals surface area contributed by atoms with Crippen LogP contribution in [0.1, 0.15) is 53.5 Å². The van der Waals surface area contributed by atoms with Crippen molar-refractivity contribution in [1.29, 1.82) is 0 Å². The molecule has 1 aliphatic rings. The highest BCUT2D eigenvalue weighted by atomic mass is 16.3. The van der Waals surface area contributed by atoms with Gasteiger partial charge in [-0.3, -0.25) is 9.59 Å². The molecule has 5 nitrogen and oxygen atoms in total. The summed E-state index contributed by atoms with van der Waals surface area (Å²) in [6.45, 7) is 1.47. The van der Waals surface area contributed by atoms with Crippen LogP contribution >= 0.6 is 0 Å². The summed E-state index contributed by atoms with van der Waals surface area (Å²) in [5, 5.41) is 12.7. The Kier molecular flexibility index (Phi) is 4.04. The van der Waals surface area contributed by atoms with Gasteiger partial charge < -0.3 is 15.0 Å². The zero-order valence-corrected chi connectivity index (χ0v) is 11.3. The van der Waals surface area contributed by atoms with Crippen molar-refractivity contribution in [3.05, 3.63) is 23.5 Å². The van der Waals surface area contributed by atoms with Gasteiger partial charge in [0.1, 0.15) is 5.69 Å². The standard InChI is InChI=1S/C14H20N2O3/c1-9(17)10-7-12(16(2)8-10)14(19)15-11-5-3-4-6-13(11)18/h7-8,11,13,18H,3-6H2,1-2H3,(H,15,19)/t11-,13-/m1/s1. The van der Waals surface area contributed by atoms with E-state index in [-0.39, 0.29) is 17.7 Å². The third-order valence-corrected chi connectivity index (χ3v) is 3.69. The number of nitrogens with one attached hydrogen (secondary N) is 1. The van der Waals surface area contributed by atoms with E-state index >= 15 is 0 Å². The Morgan fingerprint density at radius 2 is 2.05 bits per heavy atom. The Labute approximate surface area is 112 Å². The van der Waals surface area contributed by atoms with Gasteiger partial charge in [0, 0.05) is 18.8 Å². The van der Waals surface area contributed by atoms with Crippen LogP contribution in [-0.2, 0) is 7.05 Å². The van der Waals surface area contributed by atoms with Crippen LogP contribution in [0, 0.1) is 0 Å². The minimum absolute atomic E-state index is 0.0626. The zero-order valence-electron chi connectivity index (χ0n) is 11.3. The number of hydrogen-bond acceptors (Lipinski definition) is 3. The Morgan fingerprint density at radius 3 is 2.63 bits per heavy atom. The van der Waals surface area contributed by atoms with E-state index in [1.807, 2.05) is 0 Å². The van der Waals surface area contributed by atoms with Gasteiger partial charge in [-0.1, -0.05) is 12.8 Å². The predicted octanol–water partition coefficient (Wildman–Crippen LogP) is 1.26. The molecule has 0 unspecified atom stereocenters. The van der Waals surface area contributed by atoms with Gasteiger partial charge in [0.25, 0.3) is 5.91 Å². The number of nitrogens with zero attached hydrogens (tertiary/aromatic N) is 1. The van der Waals surface area contributed by atoms with E-state index in [9.17, 15) is 14.7 Å². The first kappa shape index (κ1) is 13.8. The van der Waals surface area contributed by atoms with Crippen LogP contribution in [0.2, 0.25) is 0 Å². The van der Waals surface area contributed by atoms with E-state index in [0.717, 1.165) is 25.7 Å². The molecule has 1 aliphatic carbocycles. The number of ketones is 1. The van der Waals surface area contributed by atoms with E-state index in [2.05, 4.69) is 5.32 Å². The van der Waals surface area contributed by atoms with Gasteiger partial charge in [0.2, 0.25) is 0 Å². The number of rotatable bonds is 3. The number of aryl methyl sites for hydroxylation is 1. The number of carbonyl (C=O) groups is 2. The van der Waals surface area contributed by atoms with Crippen molar-refractivity contribution in [1.82, 2.24) is 9.88 Å². The maximum absolute atomic E-state index is 12.2. The van der Waals surface area contributed by atoms with E-state index in [4.69, 9.17) is 0 Å². The topological polar surface area (TPSA) is 71.3 Å². The minimum atomic E-state index is -0.467. The summed E-state index contributed by atoms with van der Waals surface area (Å²) in [6.07, 6.45) is 4.74. The maximum atomic E-state index is 12.2. The molecule has 0 bridgehead atoms. The maximum Gasteiger partial charge on any atom is 0.268 e. The molecule has 0 saturated heterocycles. The van der Waals surface area contributed by atoms with Crippen LogP contribution in [0.15, 0.2) is 12.3 Å². The Morgan fingerprint density at radius 1 is 1.37 bits per heavy atom. The van der Waals surface area contributed by atoms with Gasteiger partial charge in [-0.25, -0.2) is 0 Å². The molecule has 1 saturated carbocycles. The Hall–Kier alpha value is -1.62. The monoisotopic (exact) mass is 264 g/mol. The number of aliphatic hydroxyl groups excluding tert-OH is 1. The number of Topliss-reactive ketones (excluding diaryl/α,β-unsaturated/α-hetero) is 1. The SMILES string of the molecule is CC(=O)c1cc(C(=O)N[C@@H]2CCCC[C@H]2O)n(C)c1. The minimum Gasteiger partial charge on any atom is -0.391 e. The fraction of sp³-hybridized carbons (Fsp3) is 0.571. The summed E-state index contributed by atoms with van der Waals surface area (Å²) >= 11 is 0. The van der Waals surface area contributed by atoms with Crippen LogP contribution in [0.4, 0.5) is 0 Å². The molecule has 0 aromatic carbocycles. The van der Waals surface area contributed by atoms with Crippen molar-refractivity contribution in [3.63, 3.8) is 0 Å². The first-order chi connectivity index (χ1) is 8.99. The molecular weight excluding hydrogens is 244 g/mol. The molecule has 0 radical (unpaired) electrons. The fourth-order valence-corrected chi connectivity index (χ4v) is 2.50. The number of aromatic nitrogens is 1. The first-order valence-electron chi connectivity index (χ1n) is 6.65. The molecule has 1 fully saturated rings. The lowest BCUT2D eigenvalue weighted by Crippen LogP contribution is -2.45. The summed E-state index contributed by atoms with van der Waals surface area (Å²) < 4.78 is 1.64. The van der Waals surface area contributed by atoms with Crippen molar-refractivity contribution >= 4 is 11.7 Å². The lowest BCUT2D eigenvalue weighted by Gasteiger charge is -2.28. The summed E-state index contributed by atoms with van der Waals surface area (Å²) in [7, 11) is 1.73. The molecule has 104 valence electrons. The van der Waals surface area contributed by atoms with Crippen LogP contribution in [-0.4, -0.2) is 33.5 Å². The molecule has 2 N–H and O–H groups in total. The average molecular weight is 264 g/mol. The normalized spacial score (nSPS) is 23.1. The van der Waals surface area contributed by atoms with Crippen molar-refractivity contribution < 1.29 is 14.7 Å². The van der Waals surface area contributed by atoms with E-state index < -0.39 is 6.10 Å². The molecule has 0 spiro atoms. The number of hydrogen-bond donors (Lipinski definition) is 2. The third-order valence-electron chi connectivity index (χ3n) is 3.69. The molecule has 5 heteroatoms. The second-order valence-electron chi connectivity index (χ2n) is 5.21. The highest BCUT2D eigenvalue weighted by molar-refractivity contribution is 5.99. The molecular formula is C14H20N2O3. The molecule has 2 rings (SSSR count). The molecule has 1 amide bonds. The fourth-order valence-electron chi connectivity index (χ4n) is 2.50. The van der Waals surface area contributed by atoms with Crippen molar-refractivity contribution in [2.45, 2.75) is 44.8 Å². The van der Waals surface area contributed by atoms with Gasteiger partial charge in [-0.15, -0.1) is 0 Å². The Bertz CT molecular complexity index is 493. The number of amides is 1. The Balaban J connectivity index is 2.09. The smallest absolute Gasteiger partial charge is 0.268 e. The number of carbonyl (C=O) groups excluding carboxylic acids is 2. The van der Waals surface area contributed by atoms with Gasteiger partial charge >= 0.3 is 0 Å². The lowest BCUT2D eigenvalue weighted by molar-refractivity contribution is 0.0711. The van der Waals surface area contributed by atoms with Gasteiger partial charge in [-0.2, -0.15) is 0 Å². The van der Waals surface area contributed by atoms with Crippen LogP contribution in [0.25, 0.3) is 0 Å². The molecule has 2 atom stereocenters. The van der Waals surface area contributed by atoms with Crippen molar-refractivity contribution in [2.24, 2.45) is 7.05 Å². The van der Waals surface area contributed by atoms with Gasteiger partial charge in [0.05, 0.1) is 12.1 Å². The quantitative estimate of drug-likeness (QED) is 0.807.